The van der Waals surface area contributed by atoms with E-state index >= 15 is 0 Å². The molecule has 2 aliphatic heterocycles. The topological polar surface area (TPSA) is 121 Å². The van der Waals surface area contributed by atoms with E-state index in [4.69, 9.17) is 0 Å². The van der Waals surface area contributed by atoms with Crippen molar-refractivity contribution in [1.82, 2.24) is 24.9 Å². The Morgan fingerprint density at radius 1 is 1.12 bits per heavy atom. The Balaban J connectivity index is 1.51. The third kappa shape index (κ3) is 4.17. The molecule has 1 atom stereocenters. The lowest BCUT2D eigenvalue weighted by Gasteiger charge is -2.31. The van der Waals surface area contributed by atoms with Crippen molar-refractivity contribution in [3.8, 4) is 11.1 Å². The number of nitrogens with one attached hydrogen (secondary N) is 2. The molecule has 170 valence electrons. The summed E-state index contributed by atoms with van der Waals surface area (Å²) in [7, 11) is -3.87. The summed E-state index contributed by atoms with van der Waals surface area (Å²) in [6.45, 7) is 1.59. The fourth-order valence-electron chi connectivity index (χ4n) is 3.70. The van der Waals surface area contributed by atoms with Crippen LogP contribution in [-0.2, 0) is 34.0 Å². The maximum atomic E-state index is 12.9. The number of nitrogens with zero attached hydrogens (tertiary/aromatic N) is 3. The number of carbonyl (C=O) groups is 2. The minimum absolute atomic E-state index is 0.0765. The largest absolute Gasteiger partial charge is 0.451 e. The highest BCUT2D eigenvalue weighted by Crippen LogP contribution is 2.30. The maximum absolute atomic E-state index is 12.9. The van der Waals surface area contributed by atoms with Gasteiger partial charge in [-0.2, -0.15) is 17.5 Å². The molecule has 3 heterocycles. The van der Waals surface area contributed by atoms with Crippen molar-refractivity contribution < 1.29 is 31.2 Å². The minimum Gasteiger partial charge on any atom is -0.322 e. The predicted octanol–water partition coefficient (Wildman–Crippen LogP) is 1.45. The smallest absolute Gasteiger partial charge is 0.322 e. The zero-order chi connectivity index (χ0) is 23.3. The van der Waals surface area contributed by atoms with Crippen LogP contribution < -0.4 is 10.6 Å². The van der Waals surface area contributed by atoms with Crippen molar-refractivity contribution in [2.75, 3.05) is 12.3 Å². The van der Waals surface area contributed by atoms with Gasteiger partial charge in [-0.3, -0.25) is 10.1 Å². The number of alkyl halides is 3. The summed E-state index contributed by atoms with van der Waals surface area (Å²) in [6.07, 6.45) is -2.06. The number of urea groups is 1. The fourth-order valence-corrected chi connectivity index (χ4v) is 5.53. The maximum Gasteiger partial charge on any atom is 0.451 e. The summed E-state index contributed by atoms with van der Waals surface area (Å²) < 4.78 is 65.0. The van der Waals surface area contributed by atoms with Gasteiger partial charge < -0.3 is 5.32 Å². The Bertz CT molecular complexity index is 1200. The number of hydrogen-bond acceptors (Lipinski definition) is 6. The van der Waals surface area contributed by atoms with Gasteiger partial charge in [0.1, 0.15) is 5.54 Å². The van der Waals surface area contributed by atoms with Crippen LogP contribution in [0.4, 0.5) is 18.0 Å². The summed E-state index contributed by atoms with van der Waals surface area (Å²) in [5.41, 5.74) is 1.06. The SMILES string of the molecule is C[C@]1(CS(=O)(=O)N2CCc3cc(-c4cnc(C(F)(F)F)nc4)ccc3C2)NC(=O)NC1=O. The van der Waals surface area contributed by atoms with E-state index in [0.29, 0.717) is 17.5 Å². The first kappa shape index (κ1) is 22.1. The van der Waals surface area contributed by atoms with Crippen molar-refractivity contribution in [2.24, 2.45) is 0 Å². The molecule has 13 heteroatoms. The first-order chi connectivity index (χ1) is 14.9. The number of halogens is 3. The third-order valence-electron chi connectivity index (χ3n) is 5.40. The monoisotopic (exact) mass is 469 g/mol. The molecule has 1 saturated heterocycles. The molecule has 32 heavy (non-hydrogen) atoms. The van der Waals surface area contributed by atoms with Gasteiger partial charge in [-0.15, -0.1) is 0 Å². The molecule has 1 aromatic carbocycles. The Morgan fingerprint density at radius 3 is 2.41 bits per heavy atom. The average Bonchev–Trinajstić information content (AvgIpc) is 2.96. The van der Waals surface area contributed by atoms with Gasteiger partial charge in [0.15, 0.2) is 0 Å². The highest BCUT2D eigenvalue weighted by atomic mass is 32.2. The first-order valence-corrected chi connectivity index (χ1v) is 11.1. The molecule has 0 unspecified atom stereocenters. The van der Waals surface area contributed by atoms with E-state index in [1.54, 1.807) is 18.2 Å². The van der Waals surface area contributed by atoms with Crippen molar-refractivity contribution in [1.29, 1.82) is 0 Å². The lowest BCUT2D eigenvalue weighted by Crippen LogP contribution is -2.53. The molecule has 1 fully saturated rings. The number of hydrogen-bond donors (Lipinski definition) is 2. The summed E-state index contributed by atoms with van der Waals surface area (Å²) in [5, 5.41) is 4.38. The van der Waals surface area contributed by atoms with Crippen LogP contribution in [-0.4, -0.2) is 52.5 Å². The van der Waals surface area contributed by atoms with E-state index in [1.807, 2.05) is 5.32 Å². The molecule has 1 aromatic heterocycles. The van der Waals surface area contributed by atoms with E-state index in [2.05, 4.69) is 15.3 Å². The lowest BCUT2D eigenvalue weighted by molar-refractivity contribution is -0.145. The number of sulfonamides is 1. The van der Waals surface area contributed by atoms with Crippen LogP contribution in [0.1, 0.15) is 23.9 Å². The quantitative estimate of drug-likeness (QED) is 0.654. The Labute approximate surface area is 181 Å². The van der Waals surface area contributed by atoms with Crippen LogP contribution in [0.2, 0.25) is 0 Å². The van der Waals surface area contributed by atoms with E-state index in [-0.39, 0.29) is 13.1 Å². The first-order valence-electron chi connectivity index (χ1n) is 9.50. The molecule has 0 aliphatic carbocycles. The molecular formula is C19H18F3N5O4S. The highest BCUT2D eigenvalue weighted by molar-refractivity contribution is 7.89. The zero-order valence-corrected chi connectivity index (χ0v) is 17.5. The normalized spacial score (nSPS) is 21.8. The van der Waals surface area contributed by atoms with Gasteiger partial charge in [0, 0.05) is 31.0 Å². The standard InChI is InChI=1S/C19H18F3N5O4S/c1-18(16(28)25-17(29)26-18)10-32(30,31)27-5-4-12-6-11(2-3-13(12)9-27)14-7-23-15(24-8-14)19(20,21)22/h2-3,6-8H,4-5,9-10H2,1H3,(H2,25,26,28,29)/t18-/m1/s1. The zero-order valence-electron chi connectivity index (χ0n) is 16.7. The van der Waals surface area contributed by atoms with Crippen LogP contribution in [0.25, 0.3) is 11.1 Å². The second-order valence-electron chi connectivity index (χ2n) is 7.86. The Kier molecular flexibility index (Phi) is 5.20. The van der Waals surface area contributed by atoms with Gasteiger partial charge in [0.2, 0.25) is 15.8 Å². The predicted molar refractivity (Wildman–Crippen MR) is 105 cm³/mol. The average molecular weight is 469 g/mol. The van der Waals surface area contributed by atoms with Crippen LogP contribution in [0.3, 0.4) is 0 Å². The molecule has 0 saturated carbocycles. The molecule has 0 bridgehead atoms. The second kappa shape index (κ2) is 7.52. The molecule has 2 aliphatic rings. The molecule has 9 nitrogen and oxygen atoms in total. The summed E-state index contributed by atoms with van der Waals surface area (Å²) in [6, 6.07) is 4.40. The van der Waals surface area contributed by atoms with Crippen molar-refractivity contribution >= 4 is 22.0 Å². The van der Waals surface area contributed by atoms with Crippen molar-refractivity contribution in [3.63, 3.8) is 0 Å². The fraction of sp³-hybridized carbons (Fsp3) is 0.368. The van der Waals surface area contributed by atoms with E-state index < -0.39 is 45.3 Å². The van der Waals surface area contributed by atoms with Gasteiger partial charge in [-0.05, 0) is 30.0 Å². The molecule has 0 spiro atoms. The molecular weight excluding hydrogens is 451 g/mol. The number of aromatic nitrogens is 2. The van der Waals surface area contributed by atoms with Crippen LogP contribution in [0.15, 0.2) is 30.6 Å². The lowest BCUT2D eigenvalue weighted by atomic mass is 9.96. The van der Waals surface area contributed by atoms with Gasteiger partial charge in [-0.25, -0.2) is 23.2 Å². The van der Waals surface area contributed by atoms with E-state index in [1.165, 1.54) is 11.2 Å². The number of benzene rings is 1. The van der Waals surface area contributed by atoms with E-state index in [9.17, 15) is 31.2 Å². The number of carbonyl (C=O) groups excluding carboxylic acids is 2. The molecule has 2 aromatic rings. The number of amides is 3. The molecule has 4 rings (SSSR count). The van der Waals surface area contributed by atoms with Gasteiger partial charge >= 0.3 is 12.2 Å². The van der Waals surface area contributed by atoms with Crippen LogP contribution >= 0.6 is 0 Å². The summed E-state index contributed by atoms with van der Waals surface area (Å²) >= 11 is 0. The molecule has 0 radical (unpaired) electrons. The van der Waals surface area contributed by atoms with Crippen LogP contribution in [0, 0.1) is 0 Å². The second-order valence-corrected chi connectivity index (χ2v) is 9.83. The van der Waals surface area contributed by atoms with Crippen molar-refractivity contribution in [3.05, 3.63) is 47.5 Å². The van der Waals surface area contributed by atoms with Gasteiger partial charge in [0.05, 0.1) is 5.75 Å². The van der Waals surface area contributed by atoms with E-state index in [0.717, 1.165) is 23.5 Å². The van der Waals surface area contributed by atoms with Crippen molar-refractivity contribution in [2.45, 2.75) is 31.6 Å². The van der Waals surface area contributed by atoms with Gasteiger partial charge in [0.25, 0.3) is 5.91 Å². The Hall–Kier alpha value is -3.06. The number of rotatable bonds is 4. The minimum atomic E-state index is -4.62. The molecule has 2 N–H and O–H groups in total. The summed E-state index contributed by atoms with van der Waals surface area (Å²) in [5.74, 6) is -2.50. The number of fused-ring (bicyclic) bond motifs is 1. The van der Waals surface area contributed by atoms with Crippen LogP contribution in [0.5, 0.6) is 0 Å². The summed E-state index contributed by atoms with van der Waals surface area (Å²) in [4.78, 5) is 30.1. The third-order valence-corrected chi connectivity index (χ3v) is 7.44. The van der Waals surface area contributed by atoms with Gasteiger partial charge in [-0.1, -0.05) is 18.2 Å². The number of imide groups is 1. The Morgan fingerprint density at radius 2 is 1.81 bits per heavy atom. The molecule has 3 amide bonds. The highest BCUT2D eigenvalue weighted by Gasteiger charge is 2.46.